The Morgan fingerprint density at radius 2 is 2.00 bits per heavy atom. The molecule has 0 aromatic carbocycles. The molecule has 2 heteroatoms. The van der Waals surface area contributed by atoms with E-state index in [-0.39, 0.29) is 5.79 Å². The lowest BCUT2D eigenvalue weighted by Gasteiger charge is -2.16. The van der Waals surface area contributed by atoms with Crippen LogP contribution >= 0.6 is 0 Å². The molecule has 0 N–H and O–H groups in total. The van der Waals surface area contributed by atoms with E-state index in [4.69, 9.17) is 9.47 Å². The summed E-state index contributed by atoms with van der Waals surface area (Å²) in [5.41, 5.74) is 0. The van der Waals surface area contributed by atoms with E-state index in [1.807, 2.05) is 19.9 Å². The molecule has 1 atom stereocenters. The van der Waals surface area contributed by atoms with Crippen LogP contribution in [0.1, 0.15) is 52.4 Å². The maximum atomic E-state index is 5.74. The van der Waals surface area contributed by atoms with Crippen molar-refractivity contribution in [3.8, 4) is 0 Å². The van der Waals surface area contributed by atoms with E-state index in [9.17, 15) is 0 Å². The molecule has 15 heavy (non-hydrogen) atoms. The maximum Gasteiger partial charge on any atom is 0.163 e. The third-order valence-corrected chi connectivity index (χ3v) is 2.75. The topological polar surface area (TPSA) is 18.5 Å². The summed E-state index contributed by atoms with van der Waals surface area (Å²) in [5.74, 6) is -0.354. The van der Waals surface area contributed by atoms with E-state index in [1.165, 1.54) is 25.7 Å². The zero-order chi connectivity index (χ0) is 11.1. The van der Waals surface area contributed by atoms with Gasteiger partial charge in [-0.2, -0.15) is 0 Å². The zero-order valence-corrected chi connectivity index (χ0v) is 10.1. The quantitative estimate of drug-likeness (QED) is 0.473. The summed E-state index contributed by atoms with van der Waals surface area (Å²) < 4.78 is 11.3. The highest BCUT2D eigenvalue weighted by molar-refractivity contribution is 4.71. The molecular formula is C13H24O2. The molecule has 0 aromatic heterocycles. The molecule has 1 rings (SSSR count). The van der Waals surface area contributed by atoms with Crippen molar-refractivity contribution in [2.24, 2.45) is 0 Å². The van der Waals surface area contributed by atoms with Gasteiger partial charge >= 0.3 is 0 Å². The molecule has 0 amide bonds. The SMILES string of the molecule is C=CCCCCCCC1COC(C)(C)O1. The molecule has 0 saturated carbocycles. The number of allylic oxidation sites excluding steroid dienone is 1. The molecule has 1 saturated heterocycles. The smallest absolute Gasteiger partial charge is 0.163 e. The van der Waals surface area contributed by atoms with Gasteiger partial charge in [0.25, 0.3) is 0 Å². The fourth-order valence-corrected chi connectivity index (χ4v) is 1.92. The van der Waals surface area contributed by atoms with E-state index in [0.29, 0.717) is 6.10 Å². The van der Waals surface area contributed by atoms with Crippen molar-refractivity contribution in [3.05, 3.63) is 12.7 Å². The number of ether oxygens (including phenoxy) is 2. The lowest BCUT2D eigenvalue weighted by Crippen LogP contribution is -2.21. The van der Waals surface area contributed by atoms with E-state index in [0.717, 1.165) is 19.4 Å². The molecular weight excluding hydrogens is 188 g/mol. The molecule has 1 aliphatic heterocycles. The number of hydrogen-bond acceptors (Lipinski definition) is 2. The van der Waals surface area contributed by atoms with Crippen molar-refractivity contribution in [2.45, 2.75) is 64.3 Å². The van der Waals surface area contributed by atoms with Crippen molar-refractivity contribution < 1.29 is 9.47 Å². The normalized spacial score (nSPS) is 24.3. The van der Waals surface area contributed by atoms with Crippen LogP contribution in [0.25, 0.3) is 0 Å². The van der Waals surface area contributed by atoms with Gasteiger partial charge < -0.3 is 9.47 Å². The van der Waals surface area contributed by atoms with Gasteiger partial charge in [0.05, 0.1) is 12.7 Å². The molecule has 1 heterocycles. The van der Waals surface area contributed by atoms with Crippen molar-refractivity contribution >= 4 is 0 Å². The van der Waals surface area contributed by atoms with Crippen LogP contribution in [0.5, 0.6) is 0 Å². The predicted octanol–water partition coefficient (Wildman–Crippen LogP) is 3.66. The molecule has 0 radical (unpaired) electrons. The van der Waals surface area contributed by atoms with E-state index in [1.54, 1.807) is 0 Å². The maximum absolute atomic E-state index is 5.74. The van der Waals surface area contributed by atoms with Gasteiger partial charge in [0.15, 0.2) is 5.79 Å². The minimum atomic E-state index is -0.354. The molecule has 0 bridgehead atoms. The Morgan fingerprint density at radius 3 is 2.60 bits per heavy atom. The number of rotatable bonds is 7. The van der Waals surface area contributed by atoms with Gasteiger partial charge in [-0.25, -0.2) is 0 Å². The third-order valence-electron chi connectivity index (χ3n) is 2.75. The highest BCUT2D eigenvalue weighted by atomic mass is 16.7. The van der Waals surface area contributed by atoms with Crippen LogP contribution in [0.4, 0.5) is 0 Å². The second-order valence-corrected chi connectivity index (χ2v) is 4.73. The Hall–Kier alpha value is -0.340. The van der Waals surface area contributed by atoms with E-state index >= 15 is 0 Å². The minimum Gasteiger partial charge on any atom is -0.348 e. The van der Waals surface area contributed by atoms with Crippen molar-refractivity contribution in [3.63, 3.8) is 0 Å². The first-order valence-corrected chi connectivity index (χ1v) is 6.07. The predicted molar refractivity (Wildman–Crippen MR) is 62.8 cm³/mol. The summed E-state index contributed by atoms with van der Waals surface area (Å²) in [6.07, 6.45) is 9.73. The Balaban J connectivity index is 1.95. The molecule has 1 unspecified atom stereocenters. The van der Waals surface area contributed by atoms with Crippen LogP contribution in [0.15, 0.2) is 12.7 Å². The second-order valence-electron chi connectivity index (χ2n) is 4.73. The van der Waals surface area contributed by atoms with Crippen LogP contribution < -0.4 is 0 Å². The number of unbranched alkanes of at least 4 members (excludes halogenated alkanes) is 4. The molecule has 0 aromatic rings. The molecule has 2 nitrogen and oxygen atoms in total. The lowest BCUT2D eigenvalue weighted by molar-refractivity contribution is -0.139. The summed E-state index contributed by atoms with van der Waals surface area (Å²) in [6.45, 7) is 8.45. The monoisotopic (exact) mass is 212 g/mol. The zero-order valence-electron chi connectivity index (χ0n) is 10.1. The van der Waals surface area contributed by atoms with Gasteiger partial charge in [0, 0.05) is 0 Å². The summed E-state index contributed by atoms with van der Waals surface area (Å²) in [7, 11) is 0. The van der Waals surface area contributed by atoms with Crippen molar-refractivity contribution in [1.29, 1.82) is 0 Å². The van der Waals surface area contributed by atoms with Gasteiger partial charge in [-0.3, -0.25) is 0 Å². The highest BCUT2D eigenvalue weighted by Gasteiger charge is 2.31. The second kappa shape index (κ2) is 6.29. The fourth-order valence-electron chi connectivity index (χ4n) is 1.92. The molecule has 0 spiro atoms. The van der Waals surface area contributed by atoms with Gasteiger partial charge in [-0.15, -0.1) is 6.58 Å². The molecule has 1 aliphatic rings. The van der Waals surface area contributed by atoms with Crippen molar-refractivity contribution in [1.82, 2.24) is 0 Å². The Bertz CT molecular complexity index is 187. The first-order chi connectivity index (χ1) is 7.14. The third kappa shape index (κ3) is 5.33. The van der Waals surface area contributed by atoms with Gasteiger partial charge in [-0.1, -0.05) is 25.3 Å². The minimum absolute atomic E-state index is 0.319. The molecule has 88 valence electrons. The van der Waals surface area contributed by atoms with Gasteiger partial charge in [-0.05, 0) is 33.1 Å². The van der Waals surface area contributed by atoms with Gasteiger partial charge in [0.2, 0.25) is 0 Å². The lowest BCUT2D eigenvalue weighted by atomic mass is 10.1. The largest absolute Gasteiger partial charge is 0.348 e. The Kier molecular flexibility index (Phi) is 5.34. The first kappa shape index (κ1) is 12.7. The first-order valence-electron chi connectivity index (χ1n) is 6.07. The fraction of sp³-hybridized carbons (Fsp3) is 0.846. The van der Waals surface area contributed by atoms with Crippen LogP contribution in [0, 0.1) is 0 Å². The summed E-state index contributed by atoms with van der Waals surface area (Å²) in [4.78, 5) is 0. The average Bonchev–Trinajstić information content (AvgIpc) is 2.52. The number of hydrogen-bond donors (Lipinski definition) is 0. The Morgan fingerprint density at radius 1 is 1.27 bits per heavy atom. The highest BCUT2D eigenvalue weighted by Crippen LogP contribution is 2.25. The van der Waals surface area contributed by atoms with Gasteiger partial charge in [0.1, 0.15) is 0 Å². The summed E-state index contributed by atoms with van der Waals surface area (Å²) in [6, 6.07) is 0. The van der Waals surface area contributed by atoms with Crippen molar-refractivity contribution in [2.75, 3.05) is 6.61 Å². The molecule has 1 fully saturated rings. The van der Waals surface area contributed by atoms with E-state index < -0.39 is 0 Å². The van der Waals surface area contributed by atoms with E-state index in [2.05, 4.69) is 6.58 Å². The summed E-state index contributed by atoms with van der Waals surface area (Å²) >= 11 is 0. The van der Waals surface area contributed by atoms with Crippen LogP contribution in [-0.2, 0) is 9.47 Å². The molecule has 0 aliphatic carbocycles. The van der Waals surface area contributed by atoms with Crippen LogP contribution in [0.2, 0.25) is 0 Å². The summed E-state index contributed by atoms with van der Waals surface area (Å²) in [5, 5.41) is 0. The van der Waals surface area contributed by atoms with Crippen LogP contribution in [-0.4, -0.2) is 18.5 Å². The average molecular weight is 212 g/mol. The van der Waals surface area contributed by atoms with Crippen LogP contribution in [0.3, 0.4) is 0 Å². The standard InChI is InChI=1S/C13H24O2/c1-4-5-6-7-8-9-10-12-11-14-13(2,3)15-12/h4,12H,1,5-11H2,2-3H3. The Labute approximate surface area is 93.7 Å².